The van der Waals surface area contributed by atoms with E-state index >= 15 is 0 Å². The minimum absolute atomic E-state index is 0.158. The molecule has 6 heteroatoms. The first kappa shape index (κ1) is 15.7. The summed E-state index contributed by atoms with van der Waals surface area (Å²) in [6.45, 7) is 0. The number of aromatic amines is 1. The van der Waals surface area contributed by atoms with Crippen LogP contribution in [0.1, 0.15) is 11.4 Å². The monoisotopic (exact) mass is 321 g/mol. The Morgan fingerprint density at radius 3 is 2.67 bits per heavy atom. The van der Waals surface area contributed by atoms with Gasteiger partial charge in [-0.1, -0.05) is 24.3 Å². The normalized spacial score (nSPS) is 11.1. The number of H-pyrrole nitrogens is 1. The fourth-order valence-corrected chi connectivity index (χ4v) is 2.32. The van der Waals surface area contributed by atoms with Gasteiger partial charge in [-0.15, -0.1) is 0 Å². The van der Waals surface area contributed by atoms with Crippen molar-refractivity contribution in [1.82, 2.24) is 15.4 Å². The van der Waals surface area contributed by atoms with Gasteiger partial charge >= 0.3 is 0 Å². The molecule has 0 bridgehead atoms. The molecule has 0 fully saturated rings. The van der Waals surface area contributed by atoms with E-state index in [1.807, 2.05) is 67.5 Å². The zero-order chi connectivity index (χ0) is 16.9. The van der Waals surface area contributed by atoms with Crippen LogP contribution in [0.3, 0.4) is 0 Å². The second-order valence-corrected chi connectivity index (χ2v) is 5.66. The number of anilines is 1. The first-order valence-electron chi connectivity index (χ1n) is 7.65. The average Bonchev–Trinajstić information content (AvgIpc) is 2.97. The number of imidazole rings is 1. The van der Waals surface area contributed by atoms with E-state index in [0.717, 1.165) is 22.3 Å². The van der Waals surface area contributed by atoms with Crippen molar-refractivity contribution in [3.05, 3.63) is 59.9 Å². The molecule has 0 aliphatic rings. The van der Waals surface area contributed by atoms with Crippen LogP contribution in [0.4, 0.5) is 5.69 Å². The second-order valence-electron chi connectivity index (χ2n) is 5.66. The third-order valence-electron chi connectivity index (χ3n) is 3.58. The fourth-order valence-electron chi connectivity index (χ4n) is 2.32. The molecule has 0 saturated heterocycles. The van der Waals surface area contributed by atoms with Gasteiger partial charge in [0.25, 0.3) is 0 Å². The van der Waals surface area contributed by atoms with Gasteiger partial charge in [-0.3, -0.25) is 4.79 Å². The summed E-state index contributed by atoms with van der Waals surface area (Å²) in [5.74, 6) is 0.412. The summed E-state index contributed by atoms with van der Waals surface area (Å²) in [5.41, 5.74) is 6.33. The van der Waals surface area contributed by atoms with Crippen molar-refractivity contribution in [1.29, 1.82) is 0 Å². The minimum Gasteiger partial charge on any atom is -0.378 e. The van der Waals surface area contributed by atoms with Gasteiger partial charge < -0.3 is 9.88 Å². The number of amides is 1. The zero-order valence-corrected chi connectivity index (χ0v) is 13.7. The summed E-state index contributed by atoms with van der Waals surface area (Å²) in [7, 11) is 3.97. The molecule has 3 aromatic rings. The van der Waals surface area contributed by atoms with Crippen LogP contribution in [-0.2, 0) is 11.2 Å². The maximum atomic E-state index is 11.9. The number of hydrazone groups is 1. The quantitative estimate of drug-likeness (QED) is 0.559. The van der Waals surface area contributed by atoms with E-state index in [1.54, 1.807) is 6.21 Å². The Kier molecular flexibility index (Phi) is 4.56. The van der Waals surface area contributed by atoms with Gasteiger partial charge in [-0.2, -0.15) is 5.10 Å². The number of rotatable bonds is 5. The molecule has 2 N–H and O–H groups in total. The van der Waals surface area contributed by atoms with E-state index in [1.165, 1.54) is 0 Å². The number of carbonyl (C=O) groups is 1. The van der Waals surface area contributed by atoms with Crippen molar-refractivity contribution >= 4 is 28.8 Å². The van der Waals surface area contributed by atoms with Crippen LogP contribution in [-0.4, -0.2) is 36.2 Å². The van der Waals surface area contributed by atoms with Gasteiger partial charge in [0.05, 0.1) is 23.7 Å². The fraction of sp³-hybridized carbons (Fsp3) is 0.167. The molecule has 2 aromatic carbocycles. The molecule has 122 valence electrons. The van der Waals surface area contributed by atoms with Gasteiger partial charge in [0.2, 0.25) is 5.91 Å². The lowest BCUT2D eigenvalue weighted by molar-refractivity contribution is -0.120. The van der Waals surface area contributed by atoms with E-state index in [9.17, 15) is 4.79 Å². The Hall–Kier alpha value is -3.15. The van der Waals surface area contributed by atoms with Crippen LogP contribution < -0.4 is 10.3 Å². The van der Waals surface area contributed by atoms with Gasteiger partial charge in [0.15, 0.2) is 0 Å². The topological polar surface area (TPSA) is 73.4 Å². The standard InChI is InChI=1S/C18H19N5O/c1-23(2)14-9-7-13(8-10-14)12-19-22-18(24)11-17-20-15-5-3-4-6-16(15)21-17/h3-10,12H,11H2,1-2H3,(H,20,21)(H,22,24)/b19-12-. The van der Waals surface area contributed by atoms with E-state index in [2.05, 4.69) is 20.5 Å². The molecule has 1 heterocycles. The highest BCUT2D eigenvalue weighted by Crippen LogP contribution is 2.11. The molecule has 0 aliphatic carbocycles. The first-order valence-corrected chi connectivity index (χ1v) is 7.65. The highest BCUT2D eigenvalue weighted by atomic mass is 16.2. The highest BCUT2D eigenvalue weighted by Gasteiger charge is 2.07. The molecule has 1 aromatic heterocycles. The lowest BCUT2D eigenvalue weighted by atomic mass is 10.2. The number of aromatic nitrogens is 2. The first-order chi connectivity index (χ1) is 11.6. The van der Waals surface area contributed by atoms with Gasteiger partial charge in [0, 0.05) is 19.8 Å². The number of nitrogens with zero attached hydrogens (tertiary/aromatic N) is 3. The molecular weight excluding hydrogens is 302 g/mol. The number of nitrogens with one attached hydrogen (secondary N) is 2. The lowest BCUT2D eigenvalue weighted by Crippen LogP contribution is -2.20. The Morgan fingerprint density at radius 1 is 1.21 bits per heavy atom. The average molecular weight is 321 g/mol. The van der Waals surface area contributed by atoms with Crippen LogP contribution in [0.25, 0.3) is 11.0 Å². The van der Waals surface area contributed by atoms with Crippen LogP contribution in [0, 0.1) is 0 Å². The smallest absolute Gasteiger partial charge is 0.247 e. The summed E-state index contributed by atoms with van der Waals surface area (Å²) in [4.78, 5) is 21.5. The van der Waals surface area contributed by atoms with Gasteiger partial charge in [-0.25, -0.2) is 10.4 Å². The van der Waals surface area contributed by atoms with Gasteiger partial charge in [-0.05, 0) is 29.8 Å². The number of hydrogen-bond donors (Lipinski definition) is 2. The van der Waals surface area contributed by atoms with E-state index in [4.69, 9.17) is 0 Å². The summed E-state index contributed by atoms with van der Waals surface area (Å²) in [6, 6.07) is 15.6. The molecule has 0 atom stereocenters. The van der Waals surface area contributed by atoms with Gasteiger partial charge in [0.1, 0.15) is 5.82 Å². The predicted octanol–water partition coefficient (Wildman–Crippen LogP) is 2.32. The van der Waals surface area contributed by atoms with Crippen molar-refractivity contribution in [2.45, 2.75) is 6.42 Å². The number of carbonyl (C=O) groups excluding carboxylic acids is 1. The predicted molar refractivity (Wildman–Crippen MR) is 96.3 cm³/mol. The van der Waals surface area contributed by atoms with Crippen molar-refractivity contribution in [2.75, 3.05) is 19.0 Å². The minimum atomic E-state index is -0.213. The van der Waals surface area contributed by atoms with Crippen LogP contribution in [0.2, 0.25) is 0 Å². The van der Waals surface area contributed by atoms with E-state index in [-0.39, 0.29) is 12.3 Å². The Labute approximate surface area is 140 Å². The molecule has 0 unspecified atom stereocenters. The highest BCUT2D eigenvalue weighted by molar-refractivity contribution is 5.84. The Balaban J connectivity index is 1.56. The van der Waals surface area contributed by atoms with Crippen LogP contribution in [0.5, 0.6) is 0 Å². The molecule has 0 saturated carbocycles. The largest absolute Gasteiger partial charge is 0.378 e. The summed E-state index contributed by atoms with van der Waals surface area (Å²) >= 11 is 0. The molecule has 0 spiro atoms. The van der Waals surface area contributed by atoms with E-state index in [0.29, 0.717) is 5.82 Å². The molecule has 0 radical (unpaired) electrons. The van der Waals surface area contributed by atoms with Crippen LogP contribution >= 0.6 is 0 Å². The molecule has 0 aliphatic heterocycles. The molecule has 3 rings (SSSR count). The number of benzene rings is 2. The van der Waals surface area contributed by atoms with Crippen molar-refractivity contribution in [3.63, 3.8) is 0 Å². The third-order valence-corrected chi connectivity index (χ3v) is 3.58. The van der Waals surface area contributed by atoms with Crippen molar-refractivity contribution in [3.8, 4) is 0 Å². The molecular formula is C18H19N5O. The third kappa shape index (κ3) is 3.78. The maximum absolute atomic E-state index is 11.9. The number of para-hydroxylation sites is 2. The molecule has 6 nitrogen and oxygen atoms in total. The Morgan fingerprint density at radius 2 is 1.96 bits per heavy atom. The van der Waals surface area contributed by atoms with Crippen LogP contribution in [0.15, 0.2) is 53.6 Å². The summed E-state index contributed by atoms with van der Waals surface area (Å²) in [6.07, 6.45) is 1.78. The van der Waals surface area contributed by atoms with Crippen molar-refractivity contribution < 1.29 is 4.79 Å². The molecule has 1 amide bonds. The second kappa shape index (κ2) is 6.95. The zero-order valence-electron chi connectivity index (χ0n) is 13.7. The van der Waals surface area contributed by atoms with E-state index < -0.39 is 0 Å². The molecule has 24 heavy (non-hydrogen) atoms. The lowest BCUT2D eigenvalue weighted by Gasteiger charge is -2.11. The number of hydrogen-bond acceptors (Lipinski definition) is 4. The van der Waals surface area contributed by atoms with Crippen molar-refractivity contribution in [2.24, 2.45) is 5.10 Å². The Bertz CT molecular complexity index is 832. The summed E-state index contributed by atoms with van der Waals surface area (Å²) in [5, 5.41) is 3.99. The SMILES string of the molecule is CN(C)c1ccc(/C=N\NC(=O)Cc2nc3ccccc3[nH]2)cc1. The summed E-state index contributed by atoms with van der Waals surface area (Å²) < 4.78 is 0. The maximum Gasteiger partial charge on any atom is 0.247 e. The number of fused-ring (bicyclic) bond motifs is 1.